The highest BCUT2D eigenvalue weighted by molar-refractivity contribution is 7.88. The number of hydrogen-bond donors (Lipinski definition) is 1. The summed E-state index contributed by atoms with van der Waals surface area (Å²) in [6, 6.07) is -0.888. The van der Waals surface area contributed by atoms with Crippen LogP contribution in [0.25, 0.3) is 0 Å². The zero-order chi connectivity index (χ0) is 20.0. The number of nitrogens with one attached hydrogen (secondary N) is 1. The molecule has 0 spiro atoms. The lowest BCUT2D eigenvalue weighted by Gasteiger charge is -2.33. The Labute approximate surface area is 163 Å². The summed E-state index contributed by atoms with van der Waals surface area (Å²) in [7, 11) is -3.42. The van der Waals surface area contributed by atoms with Crippen LogP contribution in [0, 0.1) is 11.8 Å². The fraction of sp³-hybridized carbons (Fsp3) is 0.789. The number of sulfonamides is 1. The predicted molar refractivity (Wildman–Crippen MR) is 106 cm³/mol. The molecule has 0 radical (unpaired) electrons. The maximum atomic E-state index is 12.8. The van der Waals surface area contributed by atoms with Crippen molar-refractivity contribution < 1.29 is 18.0 Å². The molecule has 0 aromatic heterocycles. The van der Waals surface area contributed by atoms with Gasteiger partial charge in [-0.3, -0.25) is 9.69 Å². The van der Waals surface area contributed by atoms with Crippen LogP contribution in [-0.2, 0) is 19.6 Å². The van der Waals surface area contributed by atoms with Crippen LogP contribution >= 0.6 is 0 Å². The van der Waals surface area contributed by atoms with Gasteiger partial charge in [-0.2, -0.15) is 0 Å². The molecule has 1 amide bonds. The van der Waals surface area contributed by atoms with Crippen LogP contribution in [0.15, 0.2) is 12.2 Å². The van der Waals surface area contributed by atoms with Crippen molar-refractivity contribution in [2.75, 3.05) is 32.4 Å². The molecule has 0 aromatic carbocycles. The number of hydrogen-bond acceptors (Lipinski definition) is 5. The number of piperidine rings is 1. The Morgan fingerprint density at radius 1 is 1.19 bits per heavy atom. The molecule has 2 fully saturated rings. The van der Waals surface area contributed by atoms with E-state index in [1.54, 1.807) is 11.0 Å². The maximum absolute atomic E-state index is 12.8. The van der Waals surface area contributed by atoms with Crippen LogP contribution in [0.5, 0.6) is 0 Å². The monoisotopic (exact) mass is 399 g/mol. The van der Waals surface area contributed by atoms with Crippen molar-refractivity contribution in [1.82, 2.24) is 14.5 Å². The summed E-state index contributed by atoms with van der Waals surface area (Å²) in [5.74, 6) is -0.546. The van der Waals surface area contributed by atoms with E-state index in [-0.39, 0.29) is 11.8 Å². The molecule has 0 aliphatic carbocycles. The lowest BCUT2D eigenvalue weighted by atomic mass is 9.86. The van der Waals surface area contributed by atoms with E-state index in [9.17, 15) is 18.0 Å². The van der Waals surface area contributed by atoms with Crippen molar-refractivity contribution >= 4 is 22.2 Å². The van der Waals surface area contributed by atoms with Crippen LogP contribution in [-0.4, -0.2) is 74.9 Å². The summed E-state index contributed by atoms with van der Waals surface area (Å²) in [5.41, 5.74) is 0. The van der Waals surface area contributed by atoms with E-state index in [4.69, 9.17) is 0 Å². The van der Waals surface area contributed by atoms with Gasteiger partial charge in [0.05, 0.1) is 12.3 Å². The molecule has 2 aliphatic heterocycles. The molecular formula is C19H33N3O4S. The van der Waals surface area contributed by atoms with Crippen LogP contribution in [0.2, 0.25) is 0 Å². The third-order valence-electron chi connectivity index (χ3n) is 5.50. The van der Waals surface area contributed by atoms with E-state index in [0.29, 0.717) is 13.0 Å². The Balaban J connectivity index is 2.09. The van der Waals surface area contributed by atoms with Crippen molar-refractivity contribution in [3.63, 3.8) is 0 Å². The smallest absolute Gasteiger partial charge is 0.246 e. The third-order valence-corrected chi connectivity index (χ3v) is 6.23. The Morgan fingerprint density at radius 3 is 2.41 bits per heavy atom. The summed E-state index contributed by atoms with van der Waals surface area (Å²) >= 11 is 0. The molecule has 0 saturated carbocycles. The van der Waals surface area contributed by atoms with Gasteiger partial charge in [0.25, 0.3) is 0 Å². The first-order chi connectivity index (χ1) is 12.7. The first-order valence-corrected chi connectivity index (χ1v) is 11.7. The van der Waals surface area contributed by atoms with E-state index in [1.807, 2.05) is 19.9 Å². The first-order valence-electron chi connectivity index (χ1n) is 9.85. The van der Waals surface area contributed by atoms with Crippen molar-refractivity contribution in [2.45, 2.75) is 51.6 Å². The molecular weight excluding hydrogens is 366 g/mol. The number of likely N-dealkylation sites (tertiary alicyclic amines) is 2. The maximum Gasteiger partial charge on any atom is 0.246 e. The van der Waals surface area contributed by atoms with E-state index >= 15 is 0 Å². The molecule has 2 saturated heterocycles. The standard InChI is InChI=1S/C19H33N3O4S/c1-15(2)16(14-23)19-17(20-27(3,25)26)9-13-22(19)18(24)8-7-12-21-10-5-4-6-11-21/h7-8,14-17,19-20H,4-6,9-13H2,1-3H3. The van der Waals surface area contributed by atoms with E-state index in [1.165, 1.54) is 19.3 Å². The van der Waals surface area contributed by atoms with E-state index in [2.05, 4.69) is 9.62 Å². The Morgan fingerprint density at radius 2 is 1.85 bits per heavy atom. The minimum absolute atomic E-state index is 0.0158. The van der Waals surface area contributed by atoms with Crippen LogP contribution in [0.3, 0.4) is 0 Å². The fourth-order valence-electron chi connectivity index (χ4n) is 4.12. The molecule has 2 aliphatic rings. The minimum Gasteiger partial charge on any atom is -0.334 e. The van der Waals surface area contributed by atoms with Gasteiger partial charge in [-0.15, -0.1) is 0 Å². The zero-order valence-electron chi connectivity index (χ0n) is 16.6. The number of nitrogens with zero attached hydrogens (tertiary/aromatic N) is 2. The number of rotatable bonds is 8. The summed E-state index contributed by atoms with van der Waals surface area (Å²) in [6.07, 6.45) is 9.61. The number of carbonyl (C=O) groups is 2. The highest BCUT2D eigenvalue weighted by Gasteiger charge is 2.43. The minimum atomic E-state index is -3.42. The molecule has 2 heterocycles. The lowest BCUT2D eigenvalue weighted by Crippen LogP contribution is -2.51. The SMILES string of the molecule is CC(C)C(C=O)C1C(NS(C)(=O)=O)CCN1C(=O)C=CCN1CCCCC1. The van der Waals surface area contributed by atoms with E-state index in [0.717, 1.165) is 32.2 Å². The van der Waals surface area contributed by atoms with Gasteiger partial charge >= 0.3 is 0 Å². The van der Waals surface area contributed by atoms with Crippen LogP contribution in [0.1, 0.15) is 39.5 Å². The average Bonchev–Trinajstić information content (AvgIpc) is 2.98. The first kappa shape index (κ1) is 22.0. The molecule has 2 rings (SSSR count). The topological polar surface area (TPSA) is 86.8 Å². The molecule has 1 N–H and O–H groups in total. The van der Waals surface area contributed by atoms with Gasteiger partial charge in [0.2, 0.25) is 15.9 Å². The summed E-state index contributed by atoms with van der Waals surface area (Å²) in [5, 5.41) is 0. The highest BCUT2D eigenvalue weighted by Crippen LogP contribution is 2.29. The van der Waals surface area contributed by atoms with E-state index < -0.39 is 28.0 Å². The average molecular weight is 400 g/mol. The van der Waals surface area contributed by atoms with Gasteiger partial charge in [-0.1, -0.05) is 26.3 Å². The number of aldehydes is 1. The Bertz CT molecular complexity index is 641. The molecule has 154 valence electrons. The predicted octanol–water partition coefficient (Wildman–Crippen LogP) is 1.02. The largest absolute Gasteiger partial charge is 0.334 e. The highest BCUT2D eigenvalue weighted by atomic mass is 32.2. The third kappa shape index (κ3) is 6.40. The van der Waals surface area contributed by atoms with Crippen molar-refractivity contribution in [1.29, 1.82) is 0 Å². The van der Waals surface area contributed by atoms with Gasteiger partial charge in [-0.05, 0) is 38.3 Å². The van der Waals surface area contributed by atoms with Crippen molar-refractivity contribution in [3.05, 3.63) is 12.2 Å². The Kier molecular flexibility index (Phi) is 8.00. The van der Waals surface area contributed by atoms with Crippen LogP contribution in [0.4, 0.5) is 0 Å². The van der Waals surface area contributed by atoms with Crippen molar-refractivity contribution in [2.24, 2.45) is 11.8 Å². The van der Waals surface area contributed by atoms with Gasteiger partial charge in [-0.25, -0.2) is 13.1 Å². The quantitative estimate of drug-likeness (QED) is 0.486. The summed E-state index contributed by atoms with van der Waals surface area (Å²) < 4.78 is 26.0. The van der Waals surface area contributed by atoms with Gasteiger partial charge in [0.1, 0.15) is 6.29 Å². The molecule has 8 heteroatoms. The number of carbonyl (C=O) groups excluding carboxylic acids is 2. The molecule has 27 heavy (non-hydrogen) atoms. The summed E-state index contributed by atoms with van der Waals surface area (Å²) in [6.45, 7) is 7.16. The molecule has 0 aromatic rings. The molecule has 7 nitrogen and oxygen atoms in total. The second-order valence-corrected chi connectivity index (χ2v) is 9.81. The zero-order valence-corrected chi connectivity index (χ0v) is 17.5. The normalized spacial score (nSPS) is 26.0. The van der Waals surface area contributed by atoms with Gasteiger partial charge < -0.3 is 9.69 Å². The molecule has 3 atom stereocenters. The van der Waals surface area contributed by atoms with Gasteiger partial charge in [0.15, 0.2) is 0 Å². The van der Waals surface area contributed by atoms with Crippen molar-refractivity contribution in [3.8, 4) is 0 Å². The molecule has 3 unspecified atom stereocenters. The molecule has 0 bridgehead atoms. The Hall–Kier alpha value is -1.25. The van der Waals surface area contributed by atoms with Gasteiger partial charge in [0, 0.05) is 31.1 Å². The summed E-state index contributed by atoms with van der Waals surface area (Å²) in [4.78, 5) is 28.5. The second kappa shape index (κ2) is 9.80. The fourth-order valence-corrected chi connectivity index (χ4v) is 4.93. The van der Waals surface area contributed by atoms with Crippen LogP contribution < -0.4 is 4.72 Å². The second-order valence-electron chi connectivity index (χ2n) is 8.03. The number of amides is 1. The lowest BCUT2D eigenvalue weighted by molar-refractivity contribution is -0.129.